The van der Waals surface area contributed by atoms with Gasteiger partial charge in [-0.3, -0.25) is 0 Å². The zero-order valence-electron chi connectivity index (χ0n) is 12.2. The van der Waals surface area contributed by atoms with E-state index in [1.54, 1.807) is 0 Å². The van der Waals surface area contributed by atoms with Crippen molar-refractivity contribution in [2.75, 3.05) is 29.9 Å². The number of rotatable bonds is 6. The van der Waals surface area contributed by atoms with E-state index in [0.717, 1.165) is 49.8 Å². The molecule has 20 heavy (non-hydrogen) atoms. The van der Waals surface area contributed by atoms with Gasteiger partial charge in [0.05, 0.1) is 12.6 Å². The molecule has 1 aromatic heterocycles. The van der Waals surface area contributed by atoms with E-state index in [2.05, 4.69) is 22.1 Å². The number of hydrogen-bond donors (Lipinski definition) is 2. The topological polar surface area (TPSA) is 61.3 Å². The summed E-state index contributed by atoms with van der Waals surface area (Å²) in [6, 6.07) is 2.26. The van der Waals surface area contributed by atoms with E-state index < -0.39 is 0 Å². The quantitative estimate of drug-likeness (QED) is 0.833. The fourth-order valence-electron chi connectivity index (χ4n) is 2.79. The Labute approximate surface area is 120 Å². The number of anilines is 2. The molecule has 0 bridgehead atoms. The Balaban J connectivity index is 1.86. The van der Waals surface area contributed by atoms with Gasteiger partial charge in [-0.1, -0.05) is 6.92 Å². The Kier molecular flexibility index (Phi) is 4.05. The van der Waals surface area contributed by atoms with Crippen LogP contribution in [0.3, 0.4) is 0 Å². The van der Waals surface area contributed by atoms with Crippen LogP contribution in [-0.2, 0) is 0 Å². The van der Waals surface area contributed by atoms with Crippen LogP contribution in [0.4, 0.5) is 11.6 Å². The van der Waals surface area contributed by atoms with Crippen molar-refractivity contribution in [1.82, 2.24) is 9.97 Å². The van der Waals surface area contributed by atoms with Gasteiger partial charge < -0.3 is 15.3 Å². The van der Waals surface area contributed by atoms with E-state index in [1.165, 1.54) is 12.8 Å². The average molecular weight is 276 g/mol. The normalized spacial score (nSPS) is 22.3. The van der Waals surface area contributed by atoms with Crippen molar-refractivity contribution in [3.63, 3.8) is 0 Å². The largest absolute Gasteiger partial charge is 0.394 e. The third kappa shape index (κ3) is 2.87. The predicted octanol–water partition coefficient (Wildman–Crippen LogP) is 2.14. The second kappa shape index (κ2) is 5.95. The third-order valence-corrected chi connectivity index (χ3v) is 4.11. The fourth-order valence-corrected chi connectivity index (χ4v) is 2.79. The summed E-state index contributed by atoms with van der Waals surface area (Å²) in [5.74, 6) is 3.44. The van der Waals surface area contributed by atoms with Crippen LogP contribution in [-0.4, -0.2) is 40.8 Å². The highest BCUT2D eigenvalue weighted by Gasteiger charge is 2.30. The standard InChI is InChI=1S/C15H24N4O/c1-2-7-16-13-9-14(18-15(17-13)11-5-6-11)19-8-3-4-12(19)10-20/h9,11-12,20H,2-8,10H2,1H3,(H,16,17,18). The van der Waals surface area contributed by atoms with Crippen LogP contribution < -0.4 is 10.2 Å². The number of hydrogen-bond acceptors (Lipinski definition) is 5. The van der Waals surface area contributed by atoms with Gasteiger partial charge in [0, 0.05) is 25.1 Å². The predicted molar refractivity (Wildman–Crippen MR) is 80.2 cm³/mol. The van der Waals surface area contributed by atoms with Crippen molar-refractivity contribution in [1.29, 1.82) is 0 Å². The number of aliphatic hydroxyl groups excluding tert-OH is 1. The zero-order chi connectivity index (χ0) is 13.9. The fraction of sp³-hybridized carbons (Fsp3) is 0.733. The van der Waals surface area contributed by atoms with Gasteiger partial charge in [0.1, 0.15) is 17.5 Å². The summed E-state index contributed by atoms with van der Waals surface area (Å²) in [5.41, 5.74) is 0. The first kappa shape index (κ1) is 13.6. The molecular weight excluding hydrogens is 252 g/mol. The van der Waals surface area contributed by atoms with Gasteiger partial charge >= 0.3 is 0 Å². The molecule has 110 valence electrons. The summed E-state index contributed by atoms with van der Waals surface area (Å²) in [6.07, 6.45) is 5.68. The first-order valence-electron chi connectivity index (χ1n) is 7.82. The van der Waals surface area contributed by atoms with Crippen LogP contribution in [0.5, 0.6) is 0 Å². The lowest BCUT2D eigenvalue weighted by atomic mass is 10.2. The van der Waals surface area contributed by atoms with Gasteiger partial charge in [0.25, 0.3) is 0 Å². The summed E-state index contributed by atoms with van der Waals surface area (Å²) < 4.78 is 0. The van der Waals surface area contributed by atoms with Crippen LogP contribution >= 0.6 is 0 Å². The highest BCUT2D eigenvalue weighted by Crippen LogP contribution is 2.39. The molecule has 0 amide bonds. The second-order valence-corrected chi connectivity index (χ2v) is 5.84. The van der Waals surface area contributed by atoms with Gasteiger partial charge in [-0.15, -0.1) is 0 Å². The molecule has 1 aromatic rings. The van der Waals surface area contributed by atoms with Gasteiger partial charge in [0.15, 0.2) is 0 Å². The number of nitrogens with zero attached hydrogens (tertiary/aromatic N) is 3. The summed E-state index contributed by atoms with van der Waals surface area (Å²) in [5, 5.41) is 12.9. The molecule has 1 aliphatic carbocycles. The minimum absolute atomic E-state index is 0.209. The third-order valence-electron chi connectivity index (χ3n) is 4.11. The molecule has 1 saturated carbocycles. The van der Waals surface area contributed by atoms with Crippen molar-refractivity contribution in [3.8, 4) is 0 Å². The van der Waals surface area contributed by atoms with E-state index in [1.807, 2.05) is 6.07 Å². The molecule has 1 aliphatic heterocycles. The van der Waals surface area contributed by atoms with E-state index in [9.17, 15) is 5.11 Å². The number of aromatic nitrogens is 2. The molecule has 2 aliphatic rings. The lowest BCUT2D eigenvalue weighted by Gasteiger charge is -2.25. The molecular formula is C15H24N4O. The van der Waals surface area contributed by atoms with Crippen molar-refractivity contribution < 1.29 is 5.11 Å². The minimum Gasteiger partial charge on any atom is -0.394 e. The molecule has 2 fully saturated rings. The van der Waals surface area contributed by atoms with Crippen LogP contribution in [0.15, 0.2) is 6.07 Å². The second-order valence-electron chi connectivity index (χ2n) is 5.84. The Bertz CT molecular complexity index is 461. The molecule has 0 radical (unpaired) electrons. The van der Waals surface area contributed by atoms with Crippen LogP contribution in [0.1, 0.15) is 50.8 Å². The summed E-state index contributed by atoms with van der Waals surface area (Å²) in [4.78, 5) is 11.6. The first-order chi connectivity index (χ1) is 9.81. The van der Waals surface area contributed by atoms with Crippen molar-refractivity contribution >= 4 is 11.6 Å². The highest BCUT2D eigenvalue weighted by atomic mass is 16.3. The van der Waals surface area contributed by atoms with Crippen LogP contribution in [0, 0.1) is 0 Å². The lowest BCUT2D eigenvalue weighted by Crippen LogP contribution is -2.33. The molecule has 0 spiro atoms. The average Bonchev–Trinajstić information content (AvgIpc) is 3.22. The van der Waals surface area contributed by atoms with Crippen molar-refractivity contribution in [2.24, 2.45) is 0 Å². The van der Waals surface area contributed by atoms with Crippen LogP contribution in [0.25, 0.3) is 0 Å². The van der Waals surface area contributed by atoms with Gasteiger partial charge in [0.2, 0.25) is 0 Å². The Hall–Kier alpha value is -1.36. The Morgan fingerprint density at radius 1 is 1.35 bits per heavy atom. The van der Waals surface area contributed by atoms with E-state index in [0.29, 0.717) is 5.92 Å². The van der Waals surface area contributed by atoms with Crippen molar-refractivity contribution in [2.45, 2.75) is 51.0 Å². The SMILES string of the molecule is CCCNc1cc(N2CCCC2CO)nc(C2CC2)n1. The monoisotopic (exact) mass is 276 g/mol. The molecule has 1 unspecified atom stereocenters. The van der Waals surface area contributed by atoms with Gasteiger partial charge in [-0.05, 0) is 32.1 Å². The Morgan fingerprint density at radius 2 is 2.20 bits per heavy atom. The maximum absolute atomic E-state index is 9.50. The van der Waals surface area contributed by atoms with Gasteiger partial charge in [-0.25, -0.2) is 9.97 Å². The summed E-state index contributed by atoms with van der Waals surface area (Å²) in [7, 11) is 0. The molecule has 2 N–H and O–H groups in total. The van der Waals surface area contributed by atoms with E-state index >= 15 is 0 Å². The molecule has 1 saturated heterocycles. The minimum atomic E-state index is 0.209. The summed E-state index contributed by atoms with van der Waals surface area (Å²) in [6.45, 7) is 4.28. The maximum Gasteiger partial charge on any atom is 0.136 e. The Morgan fingerprint density at radius 3 is 2.90 bits per heavy atom. The van der Waals surface area contributed by atoms with E-state index in [4.69, 9.17) is 4.98 Å². The lowest BCUT2D eigenvalue weighted by molar-refractivity contribution is 0.266. The smallest absolute Gasteiger partial charge is 0.136 e. The molecule has 2 heterocycles. The number of nitrogens with one attached hydrogen (secondary N) is 1. The van der Waals surface area contributed by atoms with Gasteiger partial charge in [-0.2, -0.15) is 0 Å². The first-order valence-corrected chi connectivity index (χ1v) is 7.82. The molecule has 5 nitrogen and oxygen atoms in total. The zero-order valence-corrected chi connectivity index (χ0v) is 12.2. The molecule has 1 atom stereocenters. The van der Waals surface area contributed by atoms with Crippen LogP contribution in [0.2, 0.25) is 0 Å². The number of aliphatic hydroxyl groups is 1. The maximum atomic E-state index is 9.50. The van der Waals surface area contributed by atoms with Crippen molar-refractivity contribution in [3.05, 3.63) is 11.9 Å². The molecule has 3 rings (SSSR count). The highest BCUT2D eigenvalue weighted by molar-refractivity contribution is 5.51. The molecule has 0 aromatic carbocycles. The summed E-state index contributed by atoms with van der Waals surface area (Å²) >= 11 is 0. The van der Waals surface area contributed by atoms with E-state index in [-0.39, 0.29) is 12.6 Å². The molecule has 5 heteroatoms.